The number of rotatable bonds is 6. The number of nitrogens with zero attached hydrogens (tertiary/aromatic N) is 3. The number of carbonyl (C=O) groups is 1. The molecule has 2 aromatic rings. The number of hydrogen-bond acceptors (Lipinski definition) is 3. The third kappa shape index (κ3) is 5.71. The maximum atomic E-state index is 13.0. The molecule has 27 heavy (non-hydrogen) atoms. The molecule has 1 aromatic heterocycles. The molecule has 1 aromatic carbocycles. The Bertz CT molecular complexity index is 761. The van der Waals surface area contributed by atoms with Crippen LogP contribution in [0.3, 0.4) is 0 Å². The van der Waals surface area contributed by atoms with Crippen molar-refractivity contribution < 1.29 is 18.0 Å². The molecule has 0 spiro atoms. The highest BCUT2D eigenvalue weighted by Crippen LogP contribution is 2.30. The molecule has 0 fully saturated rings. The minimum Gasteiger partial charge on any atom is -0.342 e. The van der Waals surface area contributed by atoms with Crippen LogP contribution in [-0.2, 0) is 6.18 Å². The van der Waals surface area contributed by atoms with E-state index in [2.05, 4.69) is 5.10 Å². The summed E-state index contributed by atoms with van der Waals surface area (Å²) >= 11 is 0. The van der Waals surface area contributed by atoms with Gasteiger partial charge in [0, 0.05) is 25.2 Å². The maximum Gasteiger partial charge on any atom is 0.433 e. The SMILES string of the molecule is CC(C)C(N)CCN(C)C(=O)c1cccc(-n2nccc2C(F)(F)F)c1.Cl. The fraction of sp³-hybridized carbons (Fsp3) is 0.444. The second-order valence-corrected chi connectivity index (χ2v) is 6.60. The van der Waals surface area contributed by atoms with Crippen LogP contribution in [0, 0.1) is 5.92 Å². The Kier molecular flexibility index (Phi) is 7.86. The minimum absolute atomic E-state index is 0. The van der Waals surface area contributed by atoms with Gasteiger partial charge in [-0.15, -0.1) is 12.4 Å². The Labute approximate surface area is 162 Å². The molecule has 0 aliphatic rings. The highest BCUT2D eigenvalue weighted by molar-refractivity contribution is 5.94. The zero-order chi connectivity index (χ0) is 19.5. The smallest absolute Gasteiger partial charge is 0.342 e. The van der Waals surface area contributed by atoms with E-state index in [-0.39, 0.29) is 30.0 Å². The molecule has 9 heteroatoms. The molecule has 1 atom stereocenters. The van der Waals surface area contributed by atoms with Gasteiger partial charge in [0.05, 0.1) is 11.9 Å². The van der Waals surface area contributed by atoms with E-state index in [1.54, 1.807) is 13.1 Å². The number of amides is 1. The fourth-order valence-corrected chi connectivity index (χ4v) is 2.49. The molecule has 2 N–H and O–H groups in total. The van der Waals surface area contributed by atoms with Gasteiger partial charge >= 0.3 is 6.18 Å². The number of carbonyl (C=O) groups excluding carboxylic acids is 1. The lowest BCUT2D eigenvalue weighted by molar-refractivity contribution is -0.142. The average Bonchev–Trinajstić information content (AvgIpc) is 3.08. The lowest BCUT2D eigenvalue weighted by Crippen LogP contribution is -2.34. The second kappa shape index (κ2) is 9.23. The third-order valence-electron chi connectivity index (χ3n) is 4.27. The highest BCUT2D eigenvalue weighted by Gasteiger charge is 2.35. The zero-order valence-electron chi connectivity index (χ0n) is 15.4. The van der Waals surface area contributed by atoms with E-state index in [1.165, 1.54) is 23.1 Å². The van der Waals surface area contributed by atoms with Gasteiger partial charge < -0.3 is 10.6 Å². The van der Waals surface area contributed by atoms with E-state index >= 15 is 0 Å². The average molecular weight is 405 g/mol. The molecule has 0 aliphatic carbocycles. The first-order valence-corrected chi connectivity index (χ1v) is 8.34. The van der Waals surface area contributed by atoms with E-state index < -0.39 is 11.9 Å². The van der Waals surface area contributed by atoms with Crippen LogP contribution in [0.25, 0.3) is 5.69 Å². The molecule has 0 radical (unpaired) electrons. The molecule has 0 saturated carbocycles. The third-order valence-corrected chi connectivity index (χ3v) is 4.27. The van der Waals surface area contributed by atoms with Gasteiger partial charge in [0.2, 0.25) is 0 Å². The number of halogens is 4. The van der Waals surface area contributed by atoms with E-state index in [1.807, 2.05) is 13.8 Å². The summed E-state index contributed by atoms with van der Waals surface area (Å²) in [5.74, 6) is 0.0333. The molecule has 1 unspecified atom stereocenters. The largest absolute Gasteiger partial charge is 0.433 e. The van der Waals surface area contributed by atoms with Crippen molar-refractivity contribution in [3.63, 3.8) is 0 Å². The highest BCUT2D eigenvalue weighted by atomic mass is 35.5. The molecular formula is C18H24ClF3N4O. The molecule has 0 saturated heterocycles. The summed E-state index contributed by atoms with van der Waals surface area (Å²) in [5.41, 5.74) is 5.58. The van der Waals surface area contributed by atoms with Crippen molar-refractivity contribution in [1.29, 1.82) is 0 Å². The molecular weight excluding hydrogens is 381 g/mol. The molecule has 5 nitrogen and oxygen atoms in total. The molecule has 1 amide bonds. The molecule has 1 heterocycles. The van der Waals surface area contributed by atoms with Crippen molar-refractivity contribution >= 4 is 18.3 Å². The van der Waals surface area contributed by atoms with Crippen LogP contribution in [0.15, 0.2) is 36.5 Å². The summed E-state index contributed by atoms with van der Waals surface area (Å²) < 4.78 is 39.9. The standard InChI is InChI=1S/C18H23F3N4O.ClH/c1-12(2)15(22)8-10-24(3)17(26)13-5-4-6-14(11-13)25-16(7-9-23-25)18(19,20)21;/h4-7,9,11-12,15H,8,10,22H2,1-3H3;1H. The predicted molar refractivity (Wildman–Crippen MR) is 100 cm³/mol. The van der Waals surface area contributed by atoms with Gasteiger partial charge in [0.15, 0.2) is 0 Å². The fourth-order valence-electron chi connectivity index (χ4n) is 2.49. The number of hydrogen-bond donors (Lipinski definition) is 1. The zero-order valence-corrected chi connectivity index (χ0v) is 16.2. The van der Waals surface area contributed by atoms with Gasteiger partial charge in [-0.1, -0.05) is 19.9 Å². The second-order valence-electron chi connectivity index (χ2n) is 6.60. The Morgan fingerprint density at radius 2 is 1.96 bits per heavy atom. The van der Waals surface area contributed by atoms with Gasteiger partial charge in [0.1, 0.15) is 5.69 Å². The number of aromatic nitrogens is 2. The first-order valence-electron chi connectivity index (χ1n) is 8.34. The summed E-state index contributed by atoms with van der Waals surface area (Å²) in [4.78, 5) is 14.1. The molecule has 150 valence electrons. The normalized spacial score (nSPS) is 12.6. The summed E-state index contributed by atoms with van der Waals surface area (Å²) in [6.07, 6.45) is -2.80. The van der Waals surface area contributed by atoms with Crippen LogP contribution in [0.1, 0.15) is 36.3 Å². The van der Waals surface area contributed by atoms with Crippen molar-refractivity contribution in [2.45, 2.75) is 32.5 Å². The van der Waals surface area contributed by atoms with E-state index in [4.69, 9.17) is 5.73 Å². The summed E-state index contributed by atoms with van der Waals surface area (Å²) in [6.45, 7) is 4.49. The quantitative estimate of drug-likeness (QED) is 0.797. The van der Waals surface area contributed by atoms with E-state index in [9.17, 15) is 18.0 Å². The van der Waals surface area contributed by atoms with E-state index in [0.717, 1.165) is 16.9 Å². The summed E-state index contributed by atoms with van der Waals surface area (Å²) in [5, 5.41) is 3.73. The minimum atomic E-state index is -4.53. The van der Waals surface area contributed by atoms with Crippen LogP contribution in [0.4, 0.5) is 13.2 Å². The lowest BCUT2D eigenvalue weighted by Gasteiger charge is -2.22. The van der Waals surface area contributed by atoms with Crippen LogP contribution < -0.4 is 5.73 Å². The van der Waals surface area contributed by atoms with Gasteiger partial charge in [-0.2, -0.15) is 18.3 Å². The first kappa shape index (κ1) is 23.0. The Hall–Kier alpha value is -2.06. The lowest BCUT2D eigenvalue weighted by atomic mass is 10.0. The van der Waals surface area contributed by atoms with Gasteiger partial charge in [-0.3, -0.25) is 4.79 Å². The van der Waals surface area contributed by atoms with Crippen molar-refractivity contribution in [3.05, 3.63) is 47.8 Å². The summed E-state index contributed by atoms with van der Waals surface area (Å²) in [7, 11) is 1.65. The number of benzene rings is 1. The molecule has 0 aliphatic heterocycles. The first-order chi connectivity index (χ1) is 12.1. The van der Waals surface area contributed by atoms with Crippen LogP contribution >= 0.6 is 12.4 Å². The van der Waals surface area contributed by atoms with Crippen molar-refractivity contribution in [2.75, 3.05) is 13.6 Å². The summed E-state index contributed by atoms with van der Waals surface area (Å²) in [6, 6.07) is 6.87. The van der Waals surface area contributed by atoms with Gasteiger partial charge in [0.25, 0.3) is 5.91 Å². The van der Waals surface area contributed by atoms with E-state index in [0.29, 0.717) is 24.4 Å². The van der Waals surface area contributed by atoms with Gasteiger partial charge in [-0.05, 0) is 36.6 Å². The van der Waals surface area contributed by atoms with Crippen LogP contribution in [-0.4, -0.2) is 40.2 Å². The van der Waals surface area contributed by atoms with Crippen molar-refractivity contribution in [2.24, 2.45) is 11.7 Å². The van der Waals surface area contributed by atoms with Crippen LogP contribution in [0.5, 0.6) is 0 Å². The molecule has 2 rings (SSSR count). The topological polar surface area (TPSA) is 64.2 Å². The number of nitrogens with two attached hydrogens (primary N) is 1. The maximum absolute atomic E-state index is 13.0. The van der Waals surface area contributed by atoms with Crippen LogP contribution in [0.2, 0.25) is 0 Å². The monoisotopic (exact) mass is 404 g/mol. The number of alkyl halides is 3. The molecule has 0 bridgehead atoms. The Balaban J connectivity index is 0.00000364. The van der Waals surface area contributed by atoms with Crippen molar-refractivity contribution in [1.82, 2.24) is 14.7 Å². The predicted octanol–water partition coefficient (Wildman–Crippen LogP) is 3.76. The Morgan fingerprint density at radius 1 is 1.30 bits per heavy atom. The van der Waals surface area contributed by atoms with Crippen molar-refractivity contribution in [3.8, 4) is 5.69 Å². The Morgan fingerprint density at radius 3 is 2.56 bits per heavy atom. The van der Waals surface area contributed by atoms with Gasteiger partial charge in [-0.25, -0.2) is 4.68 Å².